The van der Waals surface area contributed by atoms with Crippen molar-refractivity contribution in [1.29, 1.82) is 0 Å². The van der Waals surface area contributed by atoms with E-state index in [1.165, 1.54) is 28.7 Å². The highest BCUT2D eigenvalue weighted by Gasteiger charge is 2.46. The van der Waals surface area contributed by atoms with Crippen LogP contribution in [-0.2, 0) is 55.6 Å². The van der Waals surface area contributed by atoms with Crippen molar-refractivity contribution in [2.75, 3.05) is 95.7 Å². The number of urea groups is 2. The maximum absolute atomic E-state index is 15.2. The fourth-order valence-corrected chi connectivity index (χ4v) is 13.7. The van der Waals surface area contributed by atoms with E-state index < -0.39 is 65.2 Å². The summed E-state index contributed by atoms with van der Waals surface area (Å²) in [6, 6.07) is 18.7. The smallest absolute Gasteiger partial charge is 0.328 e. The first kappa shape index (κ1) is 72.2. The Morgan fingerprint density at radius 3 is 2.24 bits per heavy atom. The van der Waals surface area contributed by atoms with E-state index in [1.54, 1.807) is 51.5 Å². The molecule has 1 saturated carbocycles. The van der Waals surface area contributed by atoms with Crippen LogP contribution in [0.2, 0.25) is 0 Å². The number of hydrogen-bond acceptors (Lipinski definition) is 18. The van der Waals surface area contributed by atoms with Crippen LogP contribution in [0.5, 0.6) is 5.75 Å². The Morgan fingerprint density at radius 2 is 1.53 bits per heavy atom. The molecule has 1 aliphatic carbocycles. The van der Waals surface area contributed by atoms with E-state index in [1.807, 2.05) is 66.4 Å². The van der Waals surface area contributed by atoms with Crippen molar-refractivity contribution < 1.29 is 62.1 Å². The lowest BCUT2D eigenvalue weighted by atomic mass is 9.86. The van der Waals surface area contributed by atoms with Gasteiger partial charge in [0.05, 0.1) is 69.6 Å². The Labute approximate surface area is 584 Å². The molecule has 101 heavy (non-hydrogen) atoms. The average molecular weight is 1390 g/mol. The number of aromatic amines is 1. The van der Waals surface area contributed by atoms with Crippen LogP contribution < -0.4 is 52.4 Å². The van der Waals surface area contributed by atoms with E-state index in [4.69, 9.17) is 34.6 Å². The van der Waals surface area contributed by atoms with Crippen LogP contribution in [-0.4, -0.2) is 210 Å². The van der Waals surface area contributed by atoms with Gasteiger partial charge in [-0.15, -0.1) is 0 Å². The Bertz CT molecular complexity index is 4170. The van der Waals surface area contributed by atoms with Crippen molar-refractivity contribution >= 4 is 86.9 Å². The number of amides is 11. The number of nitrogens with one attached hydrogen (secondary N) is 6. The number of fused-ring (bicyclic) bond motifs is 2. The summed E-state index contributed by atoms with van der Waals surface area (Å²) in [6.45, 7) is 10.5. The van der Waals surface area contributed by atoms with Gasteiger partial charge in [0.1, 0.15) is 23.3 Å². The van der Waals surface area contributed by atoms with Gasteiger partial charge in [-0.2, -0.15) is 0 Å². The molecule has 11 rings (SSSR count). The van der Waals surface area contributed by atoms with Gasteiger partial charge in [0.2, 0.25) is 29.6 Å². The molecule has 7 heterocycles. The maximum Gasteiger partial charge on any atom is 0.328 e. The number of rotatable bonds is 30. The van der Waals surface area contributed by atoms with Crippen molar-refractivity contribution in [3.63, 3.8) is 0 Å². The number of carbonyl (C=O) groups excluding carboxylic acids is 9. The standard InChI is InChI=1S/C72H89N15O14/c1-43(2)62(79-59(89)26-33-99-35-36-100-34-32-85-60(90)20-21-61(85)91)66(93)77-55(13-10-27-75-69(73)96)65(92)76-42-72(101-50-16-17-50,48-11-8-7-9-12-48)64-52-37-46(53-41-82(5)68(95)63-51(53)22-28-74-63)14-18-54(52)78-70(81-64)83-29-23-49(24-30-83)86-39-45(4)87(40-44(86)3)67(94)47-15-19-57(98-6)56(38-47)84-31-25-58(88)80-71(84)97/h7-9,11-12,14-15,18-22,28,37-38,41,43-45,49-50,55,62,74H,10,13,16-17,23-27,29-36,39-40,42H2,1-6H3,(H,76,92)(H,77,93)(H,79,89)(H3,73,75,96)(H,80,88,97)/t44-,45+,55-,62-,72?/m0/s1. The highest BCUT2D eigenvalue weighted by atomic mass is 16.5. The lowest BCUT2D eigenvalue weighted by Gasteiger charge is -2.49. The van der Waals surface area contributed by atoms with Crippen LogP contribution in [0.15, 0.2) is 102 Å². The van der Waals surface area contributed by atoms with Gasteiger partial charge in [-0.05, 0) is 106 Å². The van der Waals surface area contributed by atoms with E-state index >= 15 is 4.79 Å². The highest BCUT2D eigenvalue weighted by Crippen LogP contribution is 2.44. The third-order valence-corrected chi connectivity index (χ3v) is 19.3. The minimum Gasteiger partial charge on any atom is -0.495 e. The molecule has 4 aliphatic heterocycles. The summed E-state index contributed by atoms with van der Waals surface area (Å²) < 4.78 is 25.6. The van der Waals surface area contributed by atoms with Crippen LogP contribution in [0.4, 0.5) is 21.2 Å². The number of nitrogens with zero attached hydrogens (tertiary/aromatic N) is 8. The molecule has 6 aromatic rings. The summed E-state index contributed by atoms with van der Waals surface area (Å²) in [5.74, 6) is -2.62. The highest BCUT2D eigenvalue weighted by molar-refractivity contribution is 6.13. The summed E-state index contributed by atoms with van der Waals surface area (Å²) in [5.41, 5.74) is 8.24. The summed E-state index contributed by atoms with van der Waals surface area (Å²) >= 11 is 0. The zero-order valence-corrected chi connectivity index (χ0v) is 57.8. The Morgan fingerprint density at radius 1 is 0.792 bits per heavy atom. The largest absolute Gasteiger partial charge is 0.495 e. The van der Waals surface area contributed by atoms with Gasteiger partial charge in [-0.25, -0.2) is 19.6 Å². The first-order chi connectivity index (χ1) is 48.6. The van der Waals surface area contributed by atoms with Gasteiger partial charge in [-0.1, -0.05) is 50.2 Å². The first-order valence-corrected chi connectivity index (χ1v) is 34.5. The molecule has 8 N–H and O–H groups in total. The fourth-order valence-electron chi connectivity index (χ4n) is 13.7. The van der Waals surface area contributed by atoms with Crippen molar-refractivity contribution in [2.24, 2.45) is 18.7 Å². The second-order valence-corrected chi connectivity index (χ2v) is 26.7. The number of nitrogens with two attached hydrogens (primary N) is 1. The predicted octanol–water partition coefficient (Wildman–Crippen LogP) is 4.10. The van der Waals surface area contributed by atoms with Gasteiger partial charge in [0.15, 0.2) is 5.60 Å². The quantitative estimate of drug-likeness (QED) is 0.0246. The number of aromatic nitrogens is 4. The lowest BCUT2D eigenvalue weighted by Crippen LogP contribution is -2.61. The van der Waals surface area contributed by atoms with Crippen LogP contribution in [0, 0.1) is 5.92 Å². The molecule has 29 heteroatoms. The molecule has 1 unspecified atom stereocenters. The zero-order valence-electron chi connectivity index (χ0n) is 57.8. The molecule has 11 amide bonds. The molecule has 0 radical (unpaired) electrons. The number of anilines is 2. The number of pyridine rings is 1. The average Bonchev–Trinajstić information content (AvgIpc) is 1.63. The Kier molecular flexibility index (Phi) is 22.9. The molecule has 29 nitrogen and oxygen atoms in total. The van der Waals surface area contributed by atoms with E-state index in [2.05, 4.69) is 48.3 Å². The third-order valence-electron chi connectivity index (χ3n) is 19.3. The van der Waals surface area contributed by atoms with Gasteiger partial charge >= 0.3 is 12.1 Å². The Balaban J connectivity index is 0.846. The number of ether oxygens (including phenoxy) is 4. The minimum atomic E-state index is -1.52. The van der Waals surface area contributed by atoms with Gasteiger partial charge in [0, 0.05) is 124 Å². The SMILES string of the molecule is COc1ccc(C(=O)N2C[C@H](C)N(C3CCN(c4nc(C(CNC(=O)[C@H](CCCNC(N)=O)NC(=O)[C@@H](NC(=O)CCOCCOCCN5C(=O)C=CC5=O)C(C)C)(OC5CC5)c5ccccc5)c5cc(-c6cn(C)c(=O)c7[nH]ccc67)ccc5n4)CC3)C[C@H]2C)cc1N1CCC(=O)NC1=O. The van der Waals surface area contributed by atoms with Crippen LogP contribution >= 0.6 is 0 Å². The molecule has 4 fully saturated rings. The topological polar surface area (TPSA) is 356 Å². The molecule has 536 valence electrons. The molecular formula is C72H89N15O14. The maximum atomic E-state index is 15.2. The number of methoxy groups -OCH3 is 1. The number of primary amides is 1. The number of H-pyrrole nitrogens is 1. The van der Waals surface area contributed by atoms with Crippen molar-refractivity contribution in [1.82, 2.24) is 60.8 Å². The molecule has 5 atom stereocenters. The number of hydrogen-bond donors (Lipinski definition) is 7. The fraction of sp³-hybridized carbons (Fsp3) is 0.472. The monoisotopic (exact) mass is 1390 g/mol. The van der Waals surface area contributed by atoms with Crippen LogP contribution in [0.25, 0.3) is 32.9 Å². The van der Waals surface area contributed by atoms with Crippen molar-refractivity contribution in [2.45, 2.75) is 121 Å². The number of carbonyl (C=O) groups is 9. The number of imide groups is 2. The zero-order chi connectivity index (χ0) is 71.6. The normalized spacial score (nSPS) is 18.8. The third kappa shape index (κ3) is 16.7. The van der Waals surface area contributed by atoms with E-state index in [-0.39, 0.29) is 120 Å². The van der Waals surface area contributed by atoms with Gasteiger partial charge in [-0.3, -0.25) is 58.4 Å². The summed E-state index contributed by atoms with van der Waals surface area (Å²) in [7, 11) is 3.19. The molecule has 3 saturated heterocycles. The number of piperazine rings is 1. The lowest BCUT2D eigenvalue weighted by molar-refractivity contribution is -0.137. The van der Waals surface area contributed by atoms with Gasteiger partial charge in [0.25, 0.3) is 23.3 Å². The van der Waals surface area contributed by atoms with E-state index in [0.717, 1.165) is 41.7 Å². The Hall–Kier alpha value is -10.1. The summed E-state index contributed by atoms with van der Waals surface area (Å²) in [6.07, 6.45) is 8.91. The number of piperidine rings is 1. The van der Waals surface area contributed by atoms with Crippen LogP contribution in [0.1, 0.15) is 101 Å². The van der Waals surface area contributed by atoms with Crippen molar-refractivity contribution in [3.8, 4) is 16.9 Å². The molecule has 0 bridgehead atoms. The van der Waals surface area contributed by atoms with E-state index in [9.17, 15) is 43.2 Å². The molecular weight excluding hydrogens is 1300 g/mol. The van der Waals surface area contributed by atoms with Crippen LogP contribution in [0.3, 0.4) is 0 Å². The summed E-state index contributed by atoms with van der Waals surface area (Å²) in [4.78, 5) is 155. The summed E-state index contributed by atoms with van der Waals surface area (Å²) in [5, 5.41) is 15.2. The second kappa shape index (κ2) is 32.0. The predicted molar refractivity (Wildman–Crippen MR) is 374 cm³/mol. The minimum absolute atomic E-state index is 0.00139. The molecule has 0 spiro atoms. The molecule has 3 aromatic carbocycles. The molecule has 3 aromatic heterocycles. The second-order valence-electron chi connectivity index (χ2n) is 26.7. The van der Waals surface area contributed by atoms with Crippen molar-refractivity contribution in [3.05, 3.63) is 125 Å². The first-order valence-electron chi connectivity index (χ1n) is 34.5. The number of benzene rings is 3. The number of aryl methyl sites for hydroxylation is 1. The molecule has 5 aliphatic rings. The van der Waals surface area contributed by atoms with E-state index in [0.29, 0.717) is 82.2 Å². The van der Waals surface area contributed by atoms with Gasteiger partial charge < -0.3 is 65.3 Å².